The molecule has 1 N–H and O–H groups in total. The van der Waals surface area contributed by atoms with Crippen LogP contribution >= 0.6 is 11.6 Å². The van der Waals surface area contributed by atoms with E-state index in [0.717, 1.165) is 25.1 Å². The first-order valence-electron chi connectivity index (χ1n) is 7.38. The van der Waals surface area contributed by atoms with Crippen molar-refractivity contribution in [1.82, 2.24) is 14.7 Å². The Kier molecular flexibility index (Phi) is 4.45. The zero-order valence-electron chi connectivity index (χ0n) is 12.2. The van der Waals surface area contributed by atoms with Gasteiger partial charge in [0.15, 0.2) is 0 Å². The van der Waals surface area contributed by atoms with Gasteiger partial charge >= 0.3 is 0 Å². The highest BCUT2D eigenvalue weighted by Crippen LogP contribution is 2.19. The summed E-state index contributed by atoms with van der Waals surface area (Å²) in [6, 6.07) is 7.32. The Morgan fingerprint density at radius 2 is 2.32 bits per heavy atom. The lowest BCUT2D eigenvalue weighted by Gasteiger charge is -2.31. The van der Waals surface area contributed by atoms with E-state index in [2.05, 4.69) is 5.10 Å². The molecule has 1 amide bonds. The number of aliphatic hydroxyl groups is 1. The second kappa shape index (κ2) is 6.50. The lowest BCUT2D eigenvalue weighted by Crippen LogP contribution is -2.40. The van der Waals surface area contributed by atoms with Gasteiger partial charge in [0, 0.05) is 30.9 Å². The van der Waals surface area contributed by atoms with Crippen LogP contribution in [0.25, 0.3) is 5.69 Å². The van der Waals surface area contributed by atoms with E-state index in [-0.39, 0.29) is 18.4 Å². The Bertz CT molecular complexity index is 671. The topological polar surface area (TPSA) is 58.4 Å². The van der Waals surface area contributed by atoms with Gasteiger partial charge in [-0.1, -0.05) is 17.7 Å². The number of piperidine rings is 1. The van der Waals surface area contributed by atoms with Gasteiger partial charge in [-0.25, -0.2) is 4.68 Å². The highest BCUT2D eigenvalue weighted by molar-refractivity contribution is 6.30. The van der Waals surface area contributed by atoms with Crippen molar-refractivity contribution in [2.75, 3.05) is 19.7 Å². The maximum Gasteiger partial charge on any atom is 0.257 e. The molecule has 1 saturated heterocycles. The molecule has 1 aliphatic rings. The van der Waals surface area contributed by atoms with Crippen LogP contribution in [0.5, 0.6) is 0 Å². The van der Waals surface area contributed by atoms with E-state index in [0.29, 0.717) is 17.1 Å². The van der Waals surface area contributed by atoms with Crippen molar-refractivity contribution in [3.8, 4) is 5.69 Å². The van der Waals surface area contributed by atoms with E-state index >= 15 is 0 Å². The molecule has 1 aliphatic heterocycles. The number of nitrogens with zero attached hydrogens (tertiary/aromatic N) is 3. The van der Waals surface area contributed by atoms with Gasteiger partial charge in [-0.05, 0) is 37.0 Å². The molecule has 0 saturated carbocycles. The number of hydrogen-bond donors (Lipinski definition) is 1. The maximum absolute atomic E-state index is 12.5. The zero-order valence-corrected chi connectivity index (χ0v) is 12.9. The summed E-state index contributed by atoms with van der Waals surface area (Å²) < 4.78 is 1.65. The number of benzene rings is 1. The second-order valence-electron chi connectivity index (χ2n) is 5.60. The van der Waals surface area contributed by atoms with Crippen molar-refractivity contribution < 1.29 is 9.90 Å². The summed E-state index contributed by atoms with van der Waals surface area (Å²) in [7, 11) is 0. The minimum absolute atomic E-state index is 0.0357. The Hall–Kier alpha value is -1.85. The largest absolute Gasteiger partial charge is 0.396 e. The van der Waals surface area contributed by atoms with Crippen molar-refractivity contribution >= 4 is 17.5 Å². The Morgan fingerprint density at radius 1 is 1.45 bits per heavy atom. The van der Waals surface area contributed by atoms with E-state index in [1.807, 2.05) is 12.1 Å². The highest BCUT2D eigenvalue weighted by Gasteiger charge is 2.24. The molecule has 2 heterocycles. The molecule has 0 radical (unpaired) electrons. The predicted molar refractivity (Wildman–Crippen MR) is 84.3 cm³/mol. The summed E-state index contributed by atoms with van der Waals surface area (Å²) in [5, 5.41) is 14.1. The van der Waals surface area contributed by atoms with Crippen LogP contribution in [-0.2, 0) is 0 Å². The van der Waals surface area contributed by atoms with Gasteiger partial charge in [0.1, 0.15) is 0 Å². The smallest absolute Gasteiger partial charge is 0.257 e. The van der Waals surface area contributed by atoms with Gasteiger partial charge < -0.3 is 10.0 Å². The van der Waals surface area contributed by atoms with Crippen LogP contribution < -0.4 is 0 Å². The van der Waals surface area contributed by atoms with Crippen LogP contribution in [-0.4, -0.2) is 45.4 Å². The maximum atomic E-state index is 12.5. The number of amides is 1. The first kappa shape index (κ1) is 15.1. The summed E-state index contributed by atoms with van der Waals surface area (Å²) in [5.41, 5.74) is 1.37. The average molecular weight is 320 g/mol. The number of aliphatic hydroxyl groups excluding tert-OH is 1. The van der Waals surface area contributed by atoms with Crippen LogP contribution in [0.1, 0.15) is 23.2 Å². The molecule has 1 atom stereocenters. The number of likely N-dealkylation sites (tertiary alicyclic amines) is 1. The first-order chi connectivity index (χ1) is 10.7. The van der Waals surface area contributed by atoms with Gasteiger partial charge in [0.25, 0.3) is 5.91 Å². The van der Waals surface area contributed by atoms with Crippen molar-refractivity contribution in [1.29, 1.82) is 0 Å². The molecular weight excluding hydrogens is 302 g/mol. The van der Waals surface area contributed by atoms with Crippen LogP contribution in [0.3, 0.4) is 0 Å². The third-order valence-electron chi connectivity index (χ3n) is 3.97. The molecule has 0 bridgehead atoms. The number of hydrogen-bond acceptors (Lipinski definition) is 3. The highest BCUT2D eigenvalue weighted by atomic mass is 35.5. The zero-order chi connectivity index (χ0) is 15.5. The Morgan fingerprint density at radius 3 is 3.09 bits per heavy atom. The SMILES string of the molecule is O=C(c1cnn(-c2cccc(Cl)c2)c1)N1CCCC(CO)C1. The van der Waals surface area contributed by atoms with Crippen LogP contribution in [0, 0.1) is 5.92 Å². The minimum atomic E-state index is -0.0357. The van der Waals surface area contributed by atoms with Gasteiger partial charge in [-0.3, -0.25) is 4.79 Å². The fraction of sp³-hybridized carbons (Fsp3) is 0.375. The molecular formula is C16H18ClN3O2. The molecule has 3 rings (SSSR count). The Labute approximate surface area is 134 Å². The summed E-state index contributed by atoms with van der Waals surface area (Å²) in [4.78, 5) is 14.3. The lowest BCUT2D eigenvalue weighted by molar-refractivity contribution is 0.0620. The molecule has 1 unspecified atom stereocenters. The molecule has 0 aliphatic carbocycles. The average Bonchev–Trinajstić information content (AvgIpc) is 3.04. The Balaban J connectivity index is 1.77. The van der Waals surface area contributed by atoms with E-state index < -0.39 is 0 Å². The minimum Gasteiger partial charge on any atom is -0.396 e. The fourth-order valence-corrected chi connectivity index (χ4v) is 2.96. The summed E-state index contributed by atoms with van der Waals surface area (Å²) in [5.74, 6) is 0.145. The third kappa shape index (κ3) is 3.15. The van der Waals surface area contributed by atoms with Gasteiger partial charge in [0.2, 0.25) is 0 Å². The third-order valence-corrected chi connectivity index (χ3v) is 4.20. The number of aromatic nitrogens is 2. The quantitative estimate of drug-likeness (QED) is 0.945. The van der Waals surface area contributed by atoms with Gasteiger partial charge in [0.05, 0.1) is 17.4 Å². The van der Waals surface area contributed by atoms with Crippen molar-refractivity contribution in [2.24, 2.45) is 5.92 Å². The van der Waals surface area contributed by atoms with E-state index in [1.54, 1.807) is 34.1 Å². The van der Waals surface area contributed by atoms with E-state index in [9.17, 15) is 9.90 Å². The molecule has 116 valence electrons. The summed E-state index contributed by atoms with van der Waals surface area (Å²) >= 11 is 5.98. The lowest BCUT2D eigenvalue weighted by atomic mass is 9.98. The molecule has 2 aromatic rings. The van der Waals surface area contributed by atoms with Crippen LogP contribution in [0.15, 0.2) is 36.7 Å². The fourth-order valence-electron chi connectivity index (χ4n) is 2.77. The van der Waals surface area contributed by atoms with Gasteiger partial charge in [-0.15, -0.1) is 0 Å². The molecule has 1 aromatic heterocycles. The number of halogens is 1. The number of carbonyl (C=O) groups is 1. The van der Waals surface area contributed by atoms with Crippen molar-refractivity contribution in [3.63, 3.8) is 0 Å². The molecule has 1 aromatic carbocycles. The van der Waals surface area contributed by atoms with Crippen LogP contribution in [0.4, 0.5) is 0 Å². The van der Waals surface area contributed by atoms with E-state index in [1.165, 1.54) is 0 Å². The standard InChI is InChI=1S/C16H18ClN3O2/c17-14-4-1-5-15(7-14)20-10-13(8-18-20)16(22)19-6-2-3-12(9-19)11-21/h1,4-5,7-8,10,12,21H,2-3,6,9,11H2. The molecule has 1 fully saturated rings. The summed E-state index contributed by atoms with van der Waals surface area (Å²) in [6.45, 7) is 1.47. The molecule has 22 heavy (non-hydrogen) atoms. The molecule has 5 nitrogen and oxygen atoms in total. The van der Waals surface area contributed by atoms with Crippen molar-refractivity contribution in [2.45, 2.75) is 12.8 Å². The predicted octanol–water partition coefficient (Wildman–Crippen LogP) is 2.37. The van der Waals surface area contributed by atoms with Gasteiger partial charge in [-0.2, -0.15) is 5.10 Å². The first-order valence-corrected chi connectivity index (χ1v) is 7.76. The normalized spacial score (nSPS) is 18.5. The van der Waals surface area contributed by atoms with Crippen molar-refractivity contribution in [3.05, 3.63) is 47.2 Å². The monoisotopic (exact) mass is 319 g/mol. The molecule has 6 heteroatoms. The summed E-state index contributed by atoms with van der Waals surface area (Å²) in [6.07, 6.45) is 5.20. The number of rotatable bonds is 3. The molecule has 0 spiro atoms. The second-order valence-corrected chi connectivity index (χ2v) is 6.03. The van der Waals surface area contributed by atoms with E-state index in [4.69, 9.17) is 11.6 Å². The van der Waals surface area contributed by atoms with Crippen LogP contribution in [0.2, 0.25) is 5.02 Å². The number of carbonyl (C=O) groups excluding carboxylic acids is 1.